The molecule has 0 bridgehead atoms. The van der Waals surface area contributed by atoms with Crippen molar-refractivity contribution in [2.75, 3.05) is 0 Å². The average molecular weight is 194 g/mol. The van der Waals surface area contributed by atoms with Crippen molar-refractivity contribution >= 4 is 17.3 Å². The summed E-state index contributed by atoms with van der Waals surface area (Å²) in [7, 11) is 0. The van der Waals surface area contributed by atoms with Gasteiger partial charge in [-0.05, 0) is 13.3 Å². The first-order valence-corrected chi connectivity index (χ1v) is 4.88. The van der Waals surface area contributed by atoms with Crippen LogP contribution in [-0.2, 0) is 14.4 Å². The van der Waals surface area contributed by atoms with Crippen molar-refractivity contribution < 1.29 is 14.4 Å². The van der Waals surface area contributed by atoms with Crippen LogP contribution in [0.5, 0.6) is 0 Å². The highest BCUT2D eigenvalue weighted by molar-refractivity contribution is 6.25. The van der Waals surface area contributed by atoms with E-state index in [1.54, 1.807) is 13.8 Å². The summed E-state index contributed by atoms with van der Waals surface area (Å²) in [5, 5.41) is 0. The highest BCUT2D eigenvalue weighted by atomic mass is 16.2. The lowest BCUT2D eigenvalue weighted by atomic mass is 9.87. The maximum absolute atomic E-state index is 11.4. The van der Waals surface area contributed by atoms with Crippen molar-refractivity contribution in [2.24, 2.45) is 0 Å². The SMILES string of the molecule is CCC(=O)C(C)=C1C(=O)CCCC1=O. The quantitative estimate of drug-likeness (QED) is 0.495. The summed E-state index contributed by atoms with van der Waals surface area (Å²) in [6.45, 7) is 3.30. The number of rotatable bonds is 2. The molecule has 0 aromatic carbocycles. The smallest absolute Gasteiger partial charge is 0.166 e. The van der Waals surface area contributed by atoms with Gasteiger partial charge in [0.1, 0.15) is 0 Å². The van der Waals surface area contributed by atoms with Crippen LogP contribution in [0.2, 0.25) is 0 Å². The lowest BCUT2D eigenvalue weighted by Gasteiger charge is -2.13. The molecule has 76 valence electrons. The van der Waals surface area contributed by atoms with E-state index in [-0.39, 0.29) is 22.9 Å². The van der Waals surface area contributed by atoms with Gasteiger partial charge < -0.3 is 0 Å². The largest absolute Gasteiger partial charge is 0.295 e. The summed E-state index contributed by atoms with van der Waals surface area (Å²) in [4.78, 5) is 34.2. The summed E-state index contributed by atoms with van der Waals surface area (Å²) in [6, 6.07) is 0. The minimum Gasteiger partial charge on any atom is -0.295 e. The van der Waals surface area contributed by atoms with E-state index >= 15 is 0 Å². The number of allylic oxidation sites excluding steroid dienone is 2. The molecule has 1 aliphatic carbocycles. The third-order valence-electron chi connectivity index (χ3n) is 2.48. The Morgan fingerprint density at radius 2 is 1.71 bits per heavy atom. The van der Waals surface area contributed by atoms with Gasteiger partial charge in [-0.3, -0.25) is 14.4 Å². The predicted molar refractivity (Wildman–Crippen MR) is 51.9 cm³/mol. The summed E-state index contributed by atoms with van der Waals surface area (Å²) in [5.74, 6) is -0.440. The monoisotopic (exact) mass is 194 g/mol. The summed E-state index contributed by atoms with van der Waals surface area (Å²) in [5.41, 5.74) is 0.505. The molecule has 1 aliphatic rings. The minimum absolute atomic E-state index is 0.108. The summed E-state index contributed by atoms with van der Waals surface area (Å²) >= 11 is 0. The molecular weight excluding hydrogens is 180 g/mol. The van der Waals surface area contributed by atoms with Crippen LogP contribution >= 0.6 is 0 Å². The van der Waals surface area contributed by atoms with Crippen molar-refractivity contribution in [1.29, 1.82) is 0 Å². The van der Waals surface area contributed by atoms with E-state index in [1.165, 1.54) is 0 Å². The highest BCUT2D eigenvalue weighted by Gasteiger charge is 2.26. The lowest BCUT2D eigenvalue weighted by molar-refractivity contribution is -0.125. The molecule has 0 amide bonds. The van der Waals surface area contributed by atoms with Gasteiger partial charge in [0.25, 0.3) is 0 Å². The van der Waals surface area contributed by atoms with Crippen molar-refractivity contribution in [3.63, 3.8) is 0 Å². The van der Waals surface area contributed by atoms with E-state index in [1.807, 2.05) is 0 Å². The maximum Gasteiger partial charge on any atom is 0.166 e. The molecule has 1 fully saturated rings. The first-order valence-electron chi connectivity index (χ1n) is 4.88. The molecule has 1 saturated carbocycles. The summed E-state index contributed by atoms with van der Waals surface area (Å²) < 4.78 is 0. The van der Waals surface area contributed by atoms with E-state index in [0.717, 1.165) is 0 Å². The Hall–Kier alpha value is -1.25. The zero-order chi connectivity index (χ0) is 10.7. The number of hydrogen-bond donors (Lipinski definition) is 0. The van der Waals surface area contributed by atoms with Crippen molar-refractivity contribution in [3.05, 3.63) is 11.1 Å². The normalized spacial score (nSPS) is 17.1. The standard InChI is InChI=1S/C11H14O3/c1-3-8(12)7(2)11-9(13)5-4-6-10(11)14/h3-6H2,1-2H3. The number of carbonyl (C=O) groups is 3. The molecule has 0 aromatic heterocycles. The van der Waals surface area contributed by atoms with Crippen LogP contribution in [0.15, 0.2) is 11.1 Å². The van der Waals surface area contributed by atoms with Crippen LogP contribution in [0.25, 0.3) is 0 Å². The minimum atomic E-state index is -0.166. The van der Waals surface area contributed by atoms with Crippen LogP contribution in [0.3, 0.4) is 0 Å². The molecule has 0 spiro atoms. The second-order valence-electron chi connectivity index (χ2n) is 3.48. The van der Waals surface area contributed by atoms with Gasteiger partial charge in [0.15, 0.2) is 17.3 Å². The van der Waals surface area contributed by atoms with Gasteiger partial charge >= 0.3 is 0 Å². The number of ketones is 3. The Morgan fingerprint density at radius 1 is 1.21 bits per heavy atom. The van der Waals surface area contributed by atoms with Gasteiger partial charge in [0, 0.05) is 24.8 Å². The Balaban J connectivity index is 3.07. The zero-order valence-corrected chi connectivity index (χ0v) is 8.55. The highest BCUT2D eigenvalue weighted by Crippen LogP contribution is 2.20. The molecule has 0 aromatic rings. The molecule has 1 rings (SSSR count). The van der Waals surface area contributed by atoms with Crippen molar-refractivity contribution in [3.8, 4) is 0 Å². The molecule has 0 radical (unpaired) electrons. The van der Waals surface area contributed by atoms with Gasteiger partial charge in [0.2, 0.25) is 0 Å². The lowest BCUT2D eigenvalue weighted by Crippen LogP contribution is -2.22. The fourth-order valence-electron chi connectivity index (χ4n) is 1.64. The number of carbonyl (C=O) groups excluding carboxylic acids is 3. The maximum atomic E-state index is 11.4. The van der Waals surface area contributed by atoms with E-state index in [9.17, 15) is 14.4 Å². The fraction of sp³-hybridized carbons (Fsp3) is 0.545. The molecule has 0 aliphatic heterocycles. The van der Waals surface area contributed by atoms with Gasteiger partial charge in [-0.1, -0.05) is 6.92 Å². The van der Waals surface area contributed by atoms with Crippen molar-refractivity contribution in [2.45, 2.75) is 39.5 Å². The number of hydrogen-bond acceptors (Lipinski definition) is 3. The van der Waals surface area contributed by atoms with Crippen molar-refractivity contribution in [1.82, 2.24) is 0 Å². The topological polar surface area (TPSA) is 51.2 Å². The molecule has 0 unspecified atom stereocenters. The van der Waals surface area contributed by atoms with E-state index in [4.69, 9.17) is 0 Å². The third-order valence-corrected chi connectivity index (χ3v) is 2.48. The van der Waals surface area contributed by atoms with Gasteiger partial charge in [-0.2, -0.15) is 0 Å². The first kappa shape index (κ1) is 10.8. The first-order chi connectivity index (χ1) is 6.57. The van der Waals surface area contributed by atoms with E-state index in [0.29, 0.717) is 31.3 Å². The van der Waals surface area contributed by atoms with Crippen LogP contribution in [0, 0.1) is 0 Å². The third kappa shape index (κ3) is 1.97. The second-order valence-corrected chi connectivity index (χ2v) is 3.48. The average Bonchev–Trinajstić information content (AvgIpc) is 2.16. The molecule has 0 N–H and O–H groups in total. The van der Waals surface area contributed by atoms with E-state index < -0.39 is 0 Å². The Bertz CT molecular complexity index is 305. The molecule has 0 atom stereocenters. The van der Waals surface area contributed by atoms with Crippen LogP contribution in [0.4, 0.5) is 0 Å². The molecule has 14 heavy (non-hydrogen) atoms. The Morgan fingerprint density at radius 3 is 2.14 bits per heavy atom. The van der Waals surface area contributed by atoms with Crippen LogP contribution in [-0.4, -0.2) is 17.3 Å². The van der Waals surface area contributed by atoms with E-state index in [2.05, 4.69) is 0 Å². The predicted octanol–water partition coefficient (Wildman–Crippen LogP) is 1.60. The molecule has 3 nitrogen and oxygen atoms in total. The fourth-order valence-corrected chi connectivity index (χ4v) is 1.64. The molecule has 3 heteroatoms. The summed E-state index contributed by atoms with van der Waals surface area (Å²) in [6.07, 6.45) is 1.76. The molecular formula is C11H14O3. The Kier molecular flexibility index (Phi) is 3.33. The van der Waals surface area contributed by atoms with Crippen LogP contribution < -0.4 is 0 Å². The molecule has 0 saturated heterocycles. The Labute approximate surface area is 83.2 Å². The van der Waals surface area contributed by atoms with Gasteiger partial charge in [0.05, 0.1) is 5.57 Å². The van der Waals surface area contributed by atoms with Gasteiger partial charge in [-0.15, -0.1) is 0 Å². The number of Topliss-reactive ketones (excluding diaryl/α,β-unsaturated/α-hetero) is 3. The van der Waals surface area contributed by atoms with Gasteiger partial charge in [-0.25, -0.2) is 0 Å². The van der Waals surface area contributed by atoms with Crippen LogP contribution in [0.1, 0.15) is 39.5 Å². The molecule has 0 heterocycles. The second kappa shape index (κ2) is 4.31. The zero-order valence-electron chi connectivity index (χ0n) is 8.55.